The van der Waals surface area contributed by atoms with Gasteiger partial charge < -0.3 is 4.90 Å². The van der Waals surface area contributed by atoms with Crippen molar-refractivity contribution >= 4 is 21.7 Å². The van der Waals surface area contributed by atoms with Crippen LogP contribution >= 0.6 is 15.9 Å². The highest BCUT2D eigenvalue weighted by Gasteiger charge is 2.29. The summed E-state index contributed by atoms with van der Waals surface area (Å²) < 4.78 is 37.1. The van der Waals surface area contributed by atoms with E-state index in [0.717, 1.165) is 18.7 Å². The van der Waals surface area contributed by atoms with E-state index in [1.807, 2.05) is 0 Å². The van der Waals surface area contributed by atoms with E-state index in [9.17, 15) is 13.2 Å². The van der Waals surface area contributed by atoms with Crippen LogP contribution in [0.3, 0.4) is 0 Å². The van der Waals surface area contributed by atoms with E-state index in [1.165, 1.54) is 4.90 Å². The van der Waals surface area contributed by atoms with Crippen molar-refractivity contribution in [2.75, 3.05) is 18.5 Å². The van der Waals surface area contributed by atoms with Crippen molar-refractivity contribution < 1.29 is 13.2 Å². The van der Waals surface area contributed by atoms with E-state index in [-0.39, 0.29) is 6.54 Å². The summed E-state index contributed by atoms with van der Waals surface area (Å²) in [4.78, 5) is 10.1. The van der Waals surface area contributed by atoms with Gasteiger partial charge in [-0.2, -0.15) is 13.2 Å². The molecule has 1 aliphatic rings. The maximum atomic E-state index is 12.2. The Hall–Kier alpha value is -0.850. The largest absolute Gasteiger partial charge is 0.390 e. The van der Waals surface area contributed by atoms with Gasteiger partial charge in [-0.25, -0.2) is 9.97 Å². The van der Waals surface area contributed by atoms with Gasteiger partial charge >= 0.3 is 6.18 Å². The Bertz CT molecular complexity index is 432. The van der Waals surface area contributed by atoms with Crippen LogP contribution in [0.4, 0.5) is 19.0 Å². The molecule has 0 aliphatic heterocycles. The van der Waals surface area contributed by atoms with Crippen LogP contribution in [0.15, 0.2) is 10.7 Å². The predicted octanol–water partition coefficient (Wildman–Crippen LogP) is 3.51. The number of hydrogen-bond acceptors (Lipinski definition) is 3. The van der Waals surface area contributed by atoms with E-state index in [1.54, 1.807) is 13.1 Å². The number of rotatable bonds is 4. The fourth-order valence-electron chi connectivity index (χ4n) is 1.55. The summed E-state index contributed by atoms with van der Waals surface area (Å²) in [6.45, 7) is -0.100. The molecule has 0 saturated heterocycles. The first kappa shape index (κ1) is 13.6. The second-order valence-electron chi connectivity index (χ2n) is 4.47. The number of hydrogen-bond donors (Lipinski definition) is 0. The first-order valence-electron chi connectivity index (χ1n) is 5.67. The lowest BCUT2D eigenvalue weighted by molar-refractivity contribution is -0.132. The summed E-state index contributed by atoms with van der Waals surface area (Å²) in [5.41, 5.74) is 0. The molecule has 0 spiro atoms. The second-order valence-corrected chi connectivity index (χ2v) is 5.28. The monoisotopic (exact) mass is 323 g/mol. The lowest BCUT2D eigenvalue weighted by Crippen LogP contribution is -2.25. The van der Waals surface area contributed by atoms with Crippen LogP contribution in [0.1, 0.15) is 31.0 Å². The number of aromatic nitrogens is 2. The summed E-state index contributed by atoms with van der Waals surface area (Å²) >= 11 is 3.27. The molecule has 0 radical (unpaired) electrons. The second kappa shape index (κ2) is 5.03. The van der Waals surface area contributed by atoms with Gasteiger partial charge in [0.05, 0.1) is 6.42 Å². The van der Waals surface area contributed by atoms with Crippen LogP contribution in [0, 0.1) is 0 Å². The highest BCUT2D eigenvalue weighted by Crippen LogP contribution is 2.39. The number of nitrogens with zero attached hydrogens (tertiary/aromatic N) is 3. The molecule has 1 heterocycles. The van der Waals surface area contributed by atoms with Gasteiger partial charge in [-0.05, 0) is 28.8 Å². The Kier molecular flexibility index (Phi) is 3.79. The van der Waals surface area contributed by atoms with Gasteiger partial charge in [0.2, 0.25) is 0 Å². The number of anilines is 1. The normalized spacial score (nSPS) is 15.8. The van der Waals surface area contributed by atoms with Crippen molar-refractivity contribution in [2.24, 2.45) is 0 Å². The first-order chi connectivity index (χ1) is 8.35. The van der Waals surface area contributed by atoms with Crippen molar-refractivity contribution in [1.82, 2.24) is 9.97 Å². The lowest BCUT2D eigenvalue weighted by Gasteiger charge is -2.19. The average molecular weight is 324 g/mol. The Morgan fingerprint density at radius 1 is 1.39 bits per heavy atom. The number of halogens is 4. The molecule has 2 rings (SSSR count). The quantitative estimate of drug-likeness (QED) is 0.794. The number of alkyl halides is 3. The summed E-state index contributed by atoms with van der Waals surface area (Å²) in [7, 11) is 1.61. The van der Waals surface area contributed by atoms with E-state index in [2.05, 4.69) is 25.9 Å². The summed E-state index contributed by atoms with van der Waals surface area (Å²) in [6, 6.07) is 1.64. The van der Waals surface area contributed by atoms with E-state index >= 15 is 0 Å². The summed E-state index contributed by atoms with van der Waals surface area (Å²) in [5.74, 6) is 1.62. The first-order valence-corrected chi connectivity index (χ1v) is 6.47. The molecule has 0 N–H and O–H groups in total. The molecule has 18 heavy (non-hydrogen) atoms. The molecule has 0 bridgehead atoms. The Morgan fingerprint density at radius 2 is 2.06 bits per heavy atom. The lowest BCUT2D eigenvalue weighted by atomic mass is 10.3. The van der Waals surface area contributed by atoms with E-state index in [0.29, 0.717) is 16.3 Å². The molecule has 3 nitrogen and oxygen atoms in total. The molecule has 0 atom stereocenters. The molecule has 0 amide bonds. The van der Waals surface area contributed by atoms with Crippen molar-refractivity contribution in [3.63, 3.8) is 0 Å². The van der Waals surface area contributed by atoms with Crippen LogP contribution in [-0.4, -0.2) is 29.7 Å². The molecule has 1 fully saturated rings. The van der Waals surface area contributed by atoms with Crippen LogP contribution in [0.5, 0.6) is 0 Å². The predicted molar refractivity (Wildman–Crippen MR) is 65.6 cm³/mol. The fourth-order valence-corrected chi connectivity index (χ4v) is 1.94. The van der Waals surface area contributed by atoms with Gasteiger partial charge in [0, 0.05) is 25.6 Å². The molecule has 1 saturated carbocycles. The van der Waals surface area contributed by atoms with Crippen LogP contribution < -0.4 is 4.90 Å². The van der Waals surface area contributed by atoms with Crippen molar-refractivity contribution in [3.05, 3.63) is 16.5 Å². The fraction of sp³-hybridized carbons (Fsp3) is 0.636. The highest BCUT2D eigenvalue weighted by atomic mass is 79.9. The molecule has 7 heteroatoms. The molecule has 1 aromatic heterocycles. The van der Waals surface area contributed by atoms with Crippen LogP contribution in [-0.2, 0) is 0 Å². The SMILES string of the molecule is CN(CCC(F)(F)F)c1cc(Br)nc(C2CC2)n1. The molecule has 0 aromatic carbocycles. The van der Waals surface area contributed by atoms with Gasteiger partial charge in [0.25, 0.3) is 0 Å². The molecular weight excluding hydrogens is 311 g/mol. The Balaban J connectivity index is 2.07. The zero-order valence-electron chi connectivity index (χ0n) is 9.84. The van der Waals surface area contributed by atoms with Crippen molar-refractivity contribution in [2.45, 2.75) is 31.4 Å². The molecular formula is C11H13BrF3N3. The molecule has 1 aromatic rings. The third-order valence-corrected chi connectivity index (χ3v) is 3.17. The van der Waals surface area contributed by atoms with Gasteiger partial charge in [-0.15, -0.1) is 0 Å². The van der Waals surface area contributed by atoms with Gasteiger partial charge in [-0.3, -0.25) is 0 Å². The third-order valence-electron chi connectivity index (χ3n) is 2.76. The van der Waals surface area contributed by atoms with Gasteiger partial charge in [0.1, 0.15) is 16.2 Å². The maximum absolute atomic E-state index is 12.2. The minimum absolute atomic E-state index is 0.100. The van der Waals surface area contributed by atoms with Crippen molar-refractivity contribution in [3.8, 4) is 0 Å². The Morgan fingerprint density at radius 3 is 2.61 bits per heavy atom. The minimum atomic E-state index is -4.14. The molecule has 100 valence electrons. The van der Waals surface area contributed by atoms with Crippen LogP contribution in [0.25, 0.3) is 0 Å². The summed E-state index contributed by atoms with van der Waals surface area (Å²) in [5, 5.41) is 0. The van der Waals surface area contributed by atoms with Gasteiger partial charge in [-0.1, -0.05) is 0 Å². The third kappa shape index (κ3) is 3.83. The highest BCUT2D eigenvalue weighted by molar-refractivity contribution is 9.10. The zero-order chi connectivity index (χ0) is 13.3. The molecule has 1 aliphatic carbocycles. The average Bonchev–Trinajstić information content (AvgIpc) is 3.07. The smallest absolute Gasteiger partial charge is 0.359 e. The Labute approximate surface area is 112 Å². The van der Waals surface area contributed by atoms with E-state index in [4.69, 9.17) is 0 Å². The van der Waals surface area contributed by atoms with E-state index < -0.39 is 12.6 Å². The van der Waals surface area contributed by atoms with Gasteiger partial charge in [0.15, 0.2) is 0 Å². The van der Waals surface area contributed by atoms with Crippen molar-refractivity contribution in [1.29, 1.82) is 0 Å². The minimum Gasteiger partial charge on any atom is -0.359 e. The van der Waals surface area contributed by atoms with Crippen LogP contribution in [0.2, 0.25) is 0 Å². The maximum Gasteiger partial charge on any atom is 0.390 e. The summed E-state index contributed by atoms with van der Waals surface area (Å²) in [6.07, 6.45) is -2.87. The zero-order valence-corrected chi connectivity index (χ0v) is 11.4. The standard InChI is InChI=1S/C11H13BrF3N3/c1-18(5-4-11(13,14)15)9-6-8(12)16-10(17-9)7-2-3-7/h6-7H,2-5H2,1H3. The molecule has 0 unspecified atom stereocenters. The topological polar surface area (TPSA) is 29.0 Å².